The second-order valence-corrected chi connectivity index (χ2v) is 7.14. The fraction of sp³-hybridized carbons (Fsp3) is 0.750. The SMILES string of the molecule is Cn1cc(S(=O)(=O)N2CCC(C3OCCO3)CC2)cn1. The van der Waals surface area contributed by atoms with Crippen LogP contribution in [0.4, 0.5) is 0 Å². The van der Waals surface area contributed by atoms with E-state index in [9.17, 15) is 8.42 Å². The number of nitrogens with zero attached hydrogens (tertiary/aromatic N) is 3. The zero-order valence-electron chi connectivity index (χ0n) is 11.4. The maximum atomic E-state index is 12.4. The summed E-state index contributed by atoms with van der Waals surface area (Å²) in [7, 11) is -1.71. The molecule has 0 bridgehead atoms. The topological polar surface area (TPSA) is 73.7 Å². The number of rotatable bonds is 3. The van der Waals surface area contributed by atoms with E-state index in [1.807, 2.05) is 0 Å². The molecule has 0 radical (unpaired) electrons. The maximum absolute atomic E-state index is 12.4. The molecule has 7 nitrogen and oxygen atoms in total. The smallest absolute Gasteiger partial charge is 0.246 e. The number of hydrogen-bond acceptors (Lipinski definition) is 5. The first kappa shape index (κ1) is 14.0. The summed E-state index contributed by atoms with van der Waals surface area (Å²) in [5.74, 6) is 0.290. The van der Waals surface area contributed by atoms with E-state index in [4.69, 9.17) is 9.47 Å². The summed E-state index contributed by atoms with van der Waals surface area (Å²) in [6.45, 7) is 2.29. The summed E-state index contributed by atoms with van der Waals surface area (Å²) >= 11 is 0. The van der Waals surface area contributed by atoms with Crippen LogP contribution < -0.4 is 0 Å². The average molecular weight is 301 g/mol. The van der Waals surface area contributed by atoms with Gasteiger partial charge in [-0.3, -0.25) is 4.68 Å². The number of aromatic nitrogens is 2. The lowest BCUT2D eigenvalue weighted by Crippen LogP contribution is -2.41. The Bertz CT molecular complexity index is 557. The largest absolute Gasteiger partial charge is 0.350 e. The van der Waals surface area contributed by atoms with Gasteiger partial charge in [0.1, 0.15) is 4.90 Å². The van der Waals surface area contributed by atoms with Crippen molar-refractivity contribution in [3.8, 4) is 0 Å². The van der Waals surface area contributed by atoms with Crippen LogP contribution in [0.1, 0.15) is 12.8 Å². The highest BCUT2D eigenvalue weighted by Crippen LogP contribution is 2.28. The van der Waals surface area contributed by atoms with Crippen molar-refractivity contribution in [3.05, 3.63) is 12.4 Å². The monoisotopic (exact) mass is 301 g/mol. The number of aryl methyl sites for hydroxylation is 1. The molecular weight excluding hydrogens is 282 g/mol. The van der Waals surface area contributed by atoms with Crippen molar-refractivity contribution in [1.29, 1.82) is 0 Å². The third-order valence-electron chi connectivity index (χ3n) is 3.85. The van der Waals surface area contributed by atoms with Gasteiger partial charge in [-0.25, -0.2) is 8.42 Å². The van der Waals surface area contributed by atoms with Crippen LogP contribution in [0.15, 0.2) is 17.3 Å². The average Bonchev–Trinajstić information content (AvgIpc) is 3.10. The zero-order chi connectivity index (χ0) is 14.2. The molecule has 1 aromatic heterocycles. The Morgan fingerprint density at radius 3 is 2.45 bits per heavy atom. The maximum Gasteiger partial charge on any atom is 0.246 e. The van der Waals surface area contributed by atoms with Gasteiger partial charge in [0.05, 0.1) is 19.4 Å². The minimum atomic E-state index is -3.42. The van der Waals surface area contributed by atoms with Crippen LogP contribution in [-0.4, -0.2) is 55.1 Å². The molecule has 0 aromatic carbocycles. The normalized spacial score (nSPS) is 23.4. The van der Waals surface area contributed by atoms with E-state index in [-0.39, 0.29) is 17.1 Å². The van der Waals surface area contributed by atoms with Crippen molar-refractivity contribution in [2.24, 2.45) is 13.0 Å². The molecule has 20 heavy (non-hydrogen) atoms. The molecule has 112 valence electrons. The van der Waals surface area contributed by atoms with Crippen LogP contribution in [0.25, 0.3) is 0 Å². The Morgan fingerprint density at radius 1 is 1.25 bits per heavy atom. The van der Waals surface area contributed by atoms with Gasteiger partial charge in [0.15, 0.2) is 6.29 Å². The quantitative estimate of drug-likeness (QED) is 0.797. The first-order valence-electron chi connectivity index (χ1n) is 6.79. The number of piperidine rings is 1. The number of hydrogen-bond donors (Lipinski definition) is 0. The Hall–Kier alpha value is -0.960. The van der Waals surface area contributed by atoms with Gasteiger partial charge in [0.2, 0.25) is 10.0 Å². The molecule has 0 amide bonds. The van der Waals surface area contributed by atoms with Crippen LogP contribution in [0.2, 0.25) is 0 Å². The molecule has 2 aliphatic heterocycles. The third-order valence-corrected chi connectivity index (χ3v) is 5.70. The van der Waals surface area contributed by atoms with Crippen LogP contribution in [0.5, 0.6) is 0 Å². The molecule has 0 spiro atoms. The van der Waals surface area contributed by atoms with Crippen molar-refractivity contribution in [3.63, 3.8) is 0 Å². The summed E-state index contributed by atoms with van der Waals surface area (Å²) in [6.07, 6.45) is 4.31. The van der Waals surface area contributed by atoms with Gasteiger partial charge in [0, 0.05) is 32.3 Å². The highest BCUT2D eigenvalue weighted by Gasteiger charge is 2.35. The van der Waals surface area contributed by atoms with E-state index in [0.717, 1.165) is 12.8 Å². The lowest BCUT2D eigenvalue weighted by molar-refractivity contribution is -0.0938. The first-order valence-corrected chi connectivity index (χ1v) is 8.23. The highest BCUT2D eigenvalue weighted by molar-refractivity contribution is 7.89. The number of ether oxygens (including phenoxy) is 2. The standard InChI is InChI=1S/C12H19N3O4S/c1-14-9-11(8-13-14)20(16,17)15-4-2-10(3-5-15)12-18-6-7-19-12/h8-10,12H,2-7H2,1H3. The Balaban J connectivity index is 1.65. The van der Waals surface area contributed by atoms with Gasteiger partial charge in [-0.15, -0.1) is 0 Å². The molecule has 8 heteroatoms. The van der Waals surface area contributed by atoms with Crippen LogP contribution in [-0.2, 0) is 26.5 Å². The molecular formula is C12H19N3O4S. The van der Waals surface area contributed by atoms with Gasteiger partial charge < -0.3 is 9.47 Å². The summed E-state index contributed by atoms with van der Waals surface area (Å²) in [5.41, 5.74) is 0. The predicted molar refractivity (Wildman–Crippen MR) is 70.4 cm³/mol. The predicted octanol–water partition coefficient (Wildman–Crippen LogP) is 0.194. The van der Waals surface area contributed by atoms with Crippen molar-refractivity contribution in [2.75, 3.05) is 26.3 Å². The Kier molecular flexibility index (Phi) is 3.80. The highest BCUT2D eigenvalue weighted by atomic mass is 32.2. The van der Waals surface area contributed by atoms with Crippen molar-refractivity contribution >= 4 is 10.0 Å². The van der Waals surface area contributed by atoms with E-state index >= 15 is 0 Å². The third kappa shape index (κ3) is 2.60. The van der Waals surface area contributed by atoms with Gasteiger partial charge in [-0.2, -0.15) is 9.40 Å². The molecule has 3 rings (SSSR count). The lowest BCUT2D eigenvalue weighted by atomic mass is 9.98. The van der Waals surface area contributed by atoms with Gasteiger partial charge >= 0.3 is 0 Å². The van der Waals surface area contributed by atoms with E-state index in [1.165, 1.54) is 21.4 Å². The van der Waals surface area contributed by atoms with Crippen LogP contribution >= 0.6 is 0 Å². The first-order chi connectivity index (χ1) is 9.57. The van der Waals surface area contributed by atoms with E-state index in [2.05, 4.69) is 5.10 Å². The summed E-state index contributed by atoms with van der Waals surface area (Å²) in [6, 6.07) is 0. The Labute approximate surface area is 118 Å². The Morgan fingerprint density at radius 2 is 1.90 bits per heavy atom. The second-order valence-electron chi connectivity index (χ2n) is 5.20. The second kappa shape index (κ2) is 5.44. The molecule has 2 fully saturated rings. The van der Waals surface area contributed by atoms with Gasteiger partial charge in [-0.1, -0.05) is 0 Å². The van der Waals surface area contributed by atoms with Gasteiger partial charge in [0.25, 0.3) is 0 Å². The molecule has 2 aliphatic rings. The minimum Gasteiger partial charge on any atom is -0.350 e. The van der Waals surface area contributed by atoms with Crippen molar-refractivity contribution in [2.45, 2.75) is 24.0 Å². The van der Waals surface area contributed by atoms with E-state index in [0.29, 0.717) is 26.3 Å². The number of sulfonamides is 1. The van der Waals surface area contributed by atoms with Crippen molar-refractivity contribution < 1.29 is 17.9 Å². The molecule has 1 aromatic rings. The molecule has 0 unspecified atom stereocenters. The molecule has 0 aliphatic carbocycles. The summed E-state index contributed by atoms with van der Waals surface area (Å²) in [5, 5.41) is 3.93. The van der Waals surface area contributed by atoms with E-state index in [1.54, 1.807) is 7.05 Å². The fourth-order valence-electron chi connectivity index (χ4n) is 2.72. The molecule has 2 saturated heterocycles. The minimum absolute atomic E-state index is 0.154. The zero-order valence-corrected chi connectivity index (χ0v) is 12.3. The van der Waals surface area contributed by atoms with Crippen LogP contribution in [0.3, 0.4) is 0 Å². The lowest BCUT2D eigenvalue weighted by Gasteiger charge is -2.32. The molecule has 0 atom stereocenters. The molecule has 0 N–H and O–H groups in total. The van der Waals surface area contributed by atoms with Crippen molar-refractivity contribution in [1.82, 2.24) is 14.1 Å². The van der Waals surface area contributed by atoms with E-state index < -0.39 is 10.0 Å². The van der Waals surface area contributed by atoms with Crippen LogP contribution in [0, 0.1) is 5.92 Å². The molecule has 3 heterocycles. The van der Waals surface area contributed by atoms with Gasteiger partial charge in [-0.05, 0) is 12.8 Å². The summed E-state index contributed by atoms with van der Waals surface area (Å²) < 4.78 is 38.9. The summed E-state index contributed by atoms with van der Waals surface area (Å²) in [4.78, 5) is 0.256. The molecule has 0 saturated carbocycles. The fourth-order valence-corrected chi connectivity index (χ4v) is 4.17.